The van der Waals surface area contributed by atoms with Crippen molar-refractivity contribution in [3.8, 4) is 5.75 Å². The molecule has 2 nitrogen and oxygen atoms in total. The molecule has 18 heavy (non-hydrogen) atoms. The lowest BCUT2D eigenvalue weighted by atomic mass is 10.1. The van der Waals surface area contributed by atoms with Crippen LogP contribution in [0.1, 0.15) is 39.7 Å². The van der Waals surface area contributed by atoms with Gasteiger partial charge in [-0.2, -0.15) is 0 Å². The quantitative estimate of drug-likeness (QED) is 0.829. The Morgan fingerprint density at radius 1 is 1.33 bits per heavy atom. The molecule has 1 aliphatic rings. The predicted octanol–water partition coefficient (Wildman–Crippen LogP) is 3.61. The highest BCUT2D eigenvalue weighted by molar-refractivity contribution is 5.33. The third-order valence-electron chi connectivity index (χ3n) is 3.76. The molecule has 1 aromatic rings. The topological polar surface area (TPSA) is 21.3 Å². The van der Waals surface area contributed by atoms with Crippen LogP contribution in [-0.2, 0) is 6.54 Å². The molecule has 2 rings (SSSR count). The molecule has 0 saturated heterocycles. The fourth-order valence-corrected chi connectivity index (χ4v) is 2.32. The second-order valence-corrected chi connectivity index (χ2v) is 6.29. The Kier molecular flexibility index (Phi) is 3.96. The Hall–Kier alpha value is -1.02. The maximum atomic E-state index is 5.82. The first-order valence-corrected chi connectivity index (χ1v) is 6.94. The minimum atomic E-state index is 0.230. The van der Waals surface area contributed by atoms with Crippen LogP contribution >= 0.6 is 0 Å². The summed E-state index contributed by atoms with van der Waals surface area (Å²) < 4.78 is 5.82. The van der Waals surface area contributed by atoms with E-state index in [9.17, 15) is 0 Å². The van der Waals surface area contributed by atoms with Gasteiger partial charge in [-0.15, -0.1) is 0 Å². The molecule has 0 radical (unpaired) electrons. The van der Waals surface area contributed by atoms with Crippen LogP contribution in [-0.4, -0.2) is 12.6 Å². The van der Waals surface area contributed by atoms with Gasteiger partial charge >= 0.3 is 0 Å². The maximum absolute atomic E-state index is 5.82. The average Bonchev–Trinajstić information content (AvgIpc) is 2.88. The van der Waals surface area contributed by atoms with Gasteiger partial charge in [0.05, 0.1) is 6.10 Å². The zero-order valence-electron chi connectivity index (χ0n) is 12.0. The summed E-state index contributed by atoms with van der Waals surface area (Å²) in [5.41, 5.74) is 1.81. The van der Waals surface area contributed by atoms with Gasteiger partial charge in [0.1, 0.15) is 5.75 Å². The summed E-state index contributed by atoms with van der Waals surface area (Å²) in [5, 5.41) is 3.55. The molecule has 1 aromatic carbocycles. The van der Waals surface area contributed by atoms with Gasteiger partial charge < -0.3 is 10.1 Å². The minimum Gasteiger partial charge on any atom is -0.491 e. The summed E-state index contributed by atoms with van der Waals surface area (Å²) in [6, 6.07) is 8.30. The van der Waals surface area contributed by atoms with Crippen LogP contribution in [0, 0.1) is 11.3 Å². The molecule has 100 valence electrons. The number of ether oxygens (including phenoxy) is 1. The lowest BCUT2D eigenvalue weighted by Crippen LogP contribution is -2.19. The summed E-state index contributed by atoms with van der Waals surface area (Å²) in [6.07, 6.45) is 1.58. The average molecular weight is 247 g/mol. The standard InChI is InChI=1S/C16H25NO/c1-12(2)18-15-8-6-5-7-13(15)10-17-11-14-9-16(14,3)4/h5-8,12,14,17H,9-11H2,1-4H3. The van der Waals surface area contributed by atoms with Gasteiger partial charge in [0.2, 0.25) is 0 Å². The van der Waals surface area contributed by atoms with Crippen LogP contribution in [0.4, 0.5) is 0 Å². The van der Waals surface area contributed by atoms with Gasteiger partial charge in [0.15, 0.2) is 0 Å². The summed E-state index contributed by atoms with van der Waals surface area (Å²) >= 11 is 0. The highest BCUT2D eigenvalue weighted by atomic mass is 16.5. The second-order valence-electron chi connectivity index (χ2n) is 6.29. The molecule has 0 spiro atoms. The third kappa shape index (κ3) is 3.49. The first kappa shape index (κ1) is 13.4. The van der Waals surface area contributed by atoms with Crippen LogP contribution in [0.3, 0.4) is 0 Å². The molecular weight excluding hydrogens is 222 g/mol. The highest BCUT2D eigenvalue weighted by Gasteiger charge is 2.44. The molecule has 1 atom stereocenters. The second kappa shape index (κ2) is 5.31. The summed E-state index contributed by atoms with van der Waals surface area (Å²) in [6.45, 7) is 10.8. The van der Waals surface area contributed by atoms with Gasteiger partial charge in [0.25, 0.3) is 0 Å². The number of nitrogens with one attached hydrogen (secondary N) is 1. The molecule has 1 saturated carbocycles. The van der Waals surface area contributed by atoms with Crippen LogP contribution in [0.25, 0.3) is 0 Å². The van der Waals surface area contributed by atoms with Gasteiger partial charge in [-0.05, 0) is 44.2 Å². The Balaban J connectivity index is 1.85. The molecule has 2 heteroatoms. The van der Waals surface area contributed by atoms with Crippen molar-refractivity contribution in [2.45, 2.75) is 46.8 Å². The Morgan fingerprint density at radius 3 is 2.61 bits per heavy atom. The fourth-order valence-electron chi connectivity index (χ4n) is 2.32. The van der Waals surface area contributed by atoms with Crippen LogP contribution in [0.5, 0.6) is 5.75 Å². The van der Waals surface area contributed by atoms with E-state index in [1.807, 2.05) is 6.07 Å². The summed E-state index contributed by atoms with van der Waals surface area (Å²) in [4.78, 5) is 0. The van der Waals surface area contributed by atoms with Crippen molar-refractivity contribution in [1.29, 1.82) is 0 Å². The SMILES string of the molecule is CC(C)Oc1ccccc1CNCC1CC1(C)C. The van der Waals surface area contributed by atoms with E-state index in [2.05, 4.69) is 51.2 Å². The molecule has 1 aliphatic carbocycles. The number of para-hydroxylation sites is 1. The molecular formula is C16H25NO. The largest absolute Gasteiger partial charge is 0.491 e. The van der Waals surface area contributed by atoms with E-state index in [0.717, 1.165) is 24.8 Å². The van der Waals surface area contributed by atoms with Gasteiger partial charge in [-0.3, -0.25) is 0 Å². The molecule has 0 heterocycles. The number of hydrogen-bond donors (Lipinski definition) is 1. The van der Waals surface area contributed by atoms with Crippen LogP contribution in [0.15, 0.2) is 24.3 Å². The predicted molar refractivity (Wildman–Crippen MR) is 75.8 cm³/mol. The van der Waals surface area contributed by atoms with Crippen LogP contribution in [0.2, 0.25) is 0 Å². The first-order chi connectivity index (χ1) is 8.49. The van der Waals surface area contributed by atoms with E-state index in [1.165, 1.54) is 12.0 Å². The minimum absolute atomic E-state index is 0.230. The van der Waals surface area contributed by atoms with Crippen LogP contribution < -0.4 is 10.1 Å². The summed E-state index contributed by atoms with van der Waals surface area (Å²) in [7, 11) is 0. The maximum Gasteiger partial charge on any atom is 0.124 e. The lowest BCUT2D eigenvalue weighted by Gasteiger charge is -2.14. The molecule has 1 fully saturated rings. The van der Waals surface area contributed by atoms with E-state index >= 15 is 0 Å². The van der Waals surface area contributed by atoms with Crippen molar-refractivity contribution >= 4 is 0 Å². The van der Waals surface area contributed by atoms with Gasteiger partial charge in [-0.1, -0.05) is 32.0 Å². The van der Waals surface area contributed by atoms with E-state index in [-0.39, 0.29) is 6.10 Å². The highest BCUT2D eigenvalue weighted by Crippen LogP contribution is 2.51. The zero-order valence-corrected chi connectivity index (χ0v) is 12.0. The number of hydrogen-bond acceptors (Lipinski definition) is 2. The lowest BCUT2D eigenvalue weighted by molar-refractivity contribution is 0.239. The number of rotatable bonds is 6. The smallest absolute Gasteiger partial charge is 0.124 e. The molecule has 1 unspecified atom stereocenters. The third-order valence-corrected chi connectivity index (χ3v) is 3.76. The first-order valence-electron chi connectivity index (χ1n) is 6.94. The van der Waals surface area contributed by atoms with Gasteiger partial charge in [0, 0.05) is 12.1 Å². The van der Waals surface area contributed by atoms with Crippen molar-refractivity contribution in [1.82, 2.24) is 5.32 Å². The van der Waals surface area contributed by atoms with Crippen molar-refractivity contribution in [3.63, 3.8) is 0 Å². The van der Waals surface area contributed by atoms with Crippen molar-refractivity contribution < 1.29 is 4.74 Å². The van der Waals surface area contributed by atoms with E-state index < -0.39 is 0 Å². The van der Waals surface area contributed by atoms with Crippen molar-refractivity contribution in [2.75, 3.05) is 6.54 Å². The normalized spacial score (nSPS) is 21.1. The molecule has 1 N–H and O–H groups in total. The van der Waals surface area contributed by atoms with E-state index in [4.69, 9.17) is 4.74 Å². The molecule has 0 aliphatic heterocycles. The van der Waals surface area contributed by atoms with Crippen molar-refractivity contribution in [2.24, 2.45) is 11.3 Å². The van der Waals surface area contributed by atoms with Crippen molar-refractivity contribution in [3.05, 3.63) is 29.8 Å². The van der Waals surface area contributed by atoms with Gasteiger partial charge in [-0.25, -0.2) is 0 Å². The fraction of sp³-hybridized carbons (Fsp3) is 0.625. The summed E-state index contributed by atoms with van der Waals surface area (Å²) in [5.74, 6) is 1.85. The monoisotopic (exact) mass is 247 g/mol. The Bertz CT molecular complexity index is 398. The molecule has 0 bridgehead atoms. The zero-order chi connectivity index (χ0) is 13.2. The molecule has 0 aromatic heterocycles. The Labute approximate surface area is 111 Å². The van der Waals surface area contributed by atoms with E-state index in [0.29, 0.717) is 5.41 Å². The number of benzene rings is 1. The Morgan fingerprint density at radius 2 is 2.00 bits per heavy atom. The van der Waals surface area contributed by atoms with E-state index in [1.54, 1.807) is 0 Å². The molecule has 0 amide bonds.